The largest absolute Gasteiger partial charge is 0.480 e. The zero-order chi connectivity index (χ0) is 28.5. The molecule has 2 aromatic rings. The van der Waals surface area contributed by atoms with Gasteiger partial charge in [0.05, 0.1) is 12.0 Å². The lowest BCUT2D eigenvalue weighted by Gasteiger charge is -2.31. The van der Waals surface area contributed by atoms with Crippen LogP contribution in [0.25, 0.3) is 0 Å². The fourth-order valence-electron chi connectivity index (χ4n) is 3.37. The number of hydrogen-bond donors (Lipinski definition) is 5. The smallest absolute Gasteiger partial charge is 0.416 e. The fraction of sp³-hybridized carbons (Fsp3) is 0.360. The van der Waals surface area contributed by atoms with Crippen LogP contribution in [0.15, 0.2) is 54.6 Å². The van der Waals surface area contributed by atoms with E-state index in [1.165, 1.54) is 19.1 Å². The van der Waals surface area contributed by atoms with Crippen LogP contribution in [0, 0.1) is 5.41 Å². The maximum Gasteiger partial charge on any atom is 0.416 e. The monoisotopic (exact) mass is 537 g/mol. The van der Waals surface area contributed by atoms with Crippen molar-refractivity contribution in [3.63, 3.8) is 0 Å². The van der Waals surface area contributed by atoms with E-state index in [1.807, 2.05) is 0 Å². The Morgan fingerprint density at radius 3 is 2.24 bits per heavy atom. The molecule has 0 fully saturated rings. The minimum atomic E-state index is -4.49. The number of aliphatic carboxylic acids is 1. The molecule has 0 aliphatic rings. The lowest BCUT2D eigenvalue weighted by atomic mass is 10.0. The zero-order valence-electron chi connectivity index (χ0n) is 20.6. The Hall–Kier alpha value is -3.97. The van der Waals surface area contributed by atoms with Crippen molar-refractivity contribution in [1.29, 1.82) is 5.41 Å². The highest BCUT2D eigenvalue weighted by atomic mass is 19.4. The Bertz CT molecular complexity index is 1130. The molecule has 1 amide bonds. The summed E-state index contributed by atoms with van der Waals surface area (Å²) in [5.74, 6) is -3.09. The van der Waals surface area contributed by atoms with Crippen LogP contribution >= 0.6 is 0 Å². The average Bonchev–Trinajstić information content (AvgIpc) is 2.85. The van der Waals surface area contributed by atoms with Gasteiger partial charge in [-0.15, -0.1) is 0 Å². The van der Waals surface area contributed by atoms with E-state index in [9.17, 15) is 27.6 Å². The van der Waals surface area contributed by atoms with E-state index < -0.39 is 53.5 Å². The number of carboxylic acids is 1. The van der Waals surface area contributed by atoms with Crippen molar-refractivity contribution in [2.24, 2.45) is 11.5 Å². The lowest BCUT2D eigenvalue weighted by molar-refractivity contribution is -0.142. The van der Waals surface area contributed by atoms with Gasteiger partial charge >= 0.3 is 12.1 Å². The second kappa shape index (κ2) is 13.0. The number of carboxylic acid groups (broad SMARTS) is 1. The van der Waals surface area contributed by atoms with Gasteiger partial charge in [-0.2, -0.15) is 13.2 Å². The number of ketones is 1. The molecule has 0 radical (unpaired) electrons. The molecule has 2 aromatic carbocycles. The number of alkyl halides is 3. The highest BCUT2D eigenvalue weighted by Crippen LogP contribution is 2.29. The third-order valence-electron chi connectivity index (χ3n) is 5.63. The molecule has 2 unspecified atom stereocenters. The van der Waals surface area contributed by atoms with Crippen molar-refractivity contribution in [3.8, 4) is 5.75 Å². The molecule has 0 saturated heterocycles. The van der Waals surface area contributed by atoms with E-state index in [1.54, 1.807) is 30.3 Å². The second-order valence-electron chi connectivity index (χ2n) is 8.61. The number of benzene rings is 2. The van der Waals surface area contributed by atoms with Crippen LogP contribution in [0.5, 0.6) is 5.75 Å². The van der Waals surface area contributed by atoms with Crippen molar-refractivity contribution in [1.82, 2.24) is 10.2 Å². The first-order valence-electron chi connectivity index (χ1n) is 11.5. The molecule has 0 bridgehead atoms. The van der Waals surface area contributed by atoms with E-state index in [4.69, 9.17) is 26.7 Å². The van der Waals surface area contributed by atoms with Crippen LogP contribution in [-0.4, -0.2) is 51.9 Å². The molecule has 0 spiro atoms. The summed E-state index contributed by atoms with van der Waals surface area (Å²) in [5, 5.41) is 19.4. The zero-order valence-corrected chi connectivity index (χ0v) is 20.6. The summed E-state index contributed by atoms with van der Waals surface area (Å²) < 4.78 is 44.5. The van der Waals surface area contributed by atoms with Crippen molar-refractivity contribution in [2.45, 2.75) is 50.7 Å². The second-order valence-corrected chi connectivity index (χ2v) is 8.61. The number of halogens is 3. The number of rotatable bonds is 13. The fourth-order valence-corrected chi connectivity index (χ4v) is 3.37. The van der Waals surface area contributed by atoms with Gasteiger partial charge in [-0.1, -0.05) is 30.3 Å². The van der Waals surface area contributed by atoms with E-state index in [-0.39, 0.29) is 25.9 Å². The van der Waals surface area contributed by atoms with Crippen LogP contribution in [0.1, 0.15) is 37.3 Å². The molecule has 10 nitrogen and oxygen atoms in total. The highest BCUT2D eigenvalue weighted by Gasteiger charge is 2.37. The van der Waals surface area contributed by atoms with Gasteiger partial charge in [0, 0.05) is 13.1 Å². The normalized spacial score (nSPS) is 13.7. The predicted molar refractivity (Wildman–Crippen MR) is 132 cm³/mol. The summed E-state index contributed by atoms with van der Waals surface area (Å²) in [5.41, 5.74) is 8.78. The summed E-state index contributed by atoms with van der Waals surface area (Å²) in [7, 11) is 0. The molecule has 0 heterocycles. The average molecular weight is 538 g/mol. The first-order chi connectivity index (χ1) is 17.7. The number of guanidine groups is 1. The van der Waals surface area contributed by atoms with Gasteiger partial charge < -0.3 is 21.3 Å². The van der Waals surface area contributed by atoms with Gasteiger partial charge in [0.1, 0.15) is 11.8 Å². The summed E-state index contributed by atoms with van der Waals surface area (Å²) in [6, 6.07) is 11.4. The molecule has 0 aliphatic heterocycles. The van der Waals surface area contributed by atoms with Gasteiger partial charge in [0.25, 0.3) is 0 Å². The minimum absolute atomic E-state index is 0.0177. The number of ether oxygens (including phenoxy) is 1. The lowest BCUT2D eigenvalue weighted by Crippen LogP contribution is -2.55. The maximum absolute atomic E-state index is 13.3. The van der Waals surface area contributed by atoms with Gasteiger partial charge in [-0.25, -0.2) is 0 Å². The molecule has 38 heavy (non-hydrogen) atoms. The standard InChI is InChI=1S/C25H30F3N5O5/c1-24(38-18-6-3-2-4-7-18,32-15-16-9-11-17(12-10-16)25(26,27)28)20(34)14-21(35)33(23(30)31)13-5-8-19(29)22(36)37/h2-4,6-7,9-12,19,32H,5,8,13-15,29H2,1H3,(H3,30,31)(H,36,37). The number of Topliss-reactive ketones (excluding diaryl/α,β-unsaturated/α-hetero) is 1. The van der Waals surface area contributed by atoms with Gasteiger partial charge in [-0.3, -0.25) is 30.0 Å². The number of carbonyl (C=O) groups is 3. The maximum atomic E-state index is 13.3. The van der Waals surface area contributed by atoms with Crippen LogP contribution in [0.4, 0.5) is 13.2 Å². The topological polar surface area (TPSA) is 172 Å². The van der Waals surface area contributed by atoms with E-state index in [0.29, 0.717) is 11.3 Å². The third kappa shape index (κ3) is 8.85. The molecule has 0 saturated carbocycles. The number of nitrogens with two attached hydrogens (primary N) is 2. The Morgan fingerprint density at radius 2 is 1.71 bits per heavy atom. The molecule has 0 aromatic heterocycles. The number of para-hydroxylation sites is 1. The van der Waals surface area contributed by atoms with Gasteiger partial charge in [0.15, 0.2) is 5.96 Å². The number of nitrogens with one attached hydrogen (secondary N) is 2. The molecule has 7 N–H and O–H groups in total. The Morgan fingerprint density at radius 1 is 1.11 bits per heavy atom. The van der Waals surface area contributed by atoms with E-state index >= 15 is 0 Å². The number of hydrogen-bond acceptors (Lipinski definition) is 7. The van der Waals surface area contributed by atoms with Crippen molar-refractivity contribution in [3.05, 3.63) is 65.7 Å². The molecule has 13 heteroatoms. The summed E-state index contributed by atoms with van der Waals surface area (Å²) in [6.45, 7) is 1.19. The Labute approximate surface area is 217 Å². The van der Waals surface area contributed by atoms with Crippen molar-refractivity contribution in [2.75, 3.05) is 6.54 Å². The van der Waals surface area contributed by atoms with E-state index in [2.05, 4.69) is 5.32 Å². The first kappa shape index (κ1) is 30.3. The number of nitrogens with zero attached hydrogens (tertiary/aromatic N) is 1. The van der Waals surface area contributed by atoms with Crippen LogP contribution in [0.3, 0.4) is 0 Å². The van der Waals surface area contributed by atoms with E-state index in [0.717, 1.165) is 17.0 Å². The molecule has 2 rings (SSSR count). The predicted octanol–water partition coefficient (Wildman–Crippen LogP) is 2.46. The van der Waals surface area contributed by atoms with Gasteiger partial charge in [0.2, 0.25) is 17.4 Å². The van der Waals surface area contributed by atoms with Crippen molar-refractivity contribution < 1.29 is 37.4 Å². The summed E-state index contributed by atoms with van der Waals surface area (Å²) in [4.78, 5) is 37.9. The van der Waals surface area contributed by atoms with Gasteiger partial charge in [-0.05, 0) is 49.6 Å². The Balaban J connectivity index is 2.17. The summed E-state index contributed by atoms with van der Waals surface area (Å²) >= 11 is 0. The molecule has 206 valence electrons. The number of carbonyl (C=O) groups excluding carboxylic acids is 2. The Kier molecular flexibility index (Phi) is 10.4. The minimum Gasteiger partial charge on any atom is -0.480 e. The third-order valence-corrected chi connectivity index (χ3v) is 5.63. The van der Waals surface area contributed by atoms with Crippen molar-refractivity contribution >= 4 is 23.6 Å². The summed E-state index contributed by atoms with van der Waals surface area (Å²) in [6.07, 6.45) is -5.08. The van der Waals surface area contributed by atoms with Crippen LogP contribution in [0.2, 0.25) is 0 Å². The van der Waals surface area contributed by atoms with Crippen LogP contribution in [-0.2, 0) is 27.1 Å². The number of amides is 1. The highest BCUT2D eigenvalue weighted by molar-refractivity contribution is 6.06. The molecule has 0 aliphatic carbocycles. The molecule has 2 atom stereocenters. The van der Waals surface area contributed by atoms with Crippen LogP contribution < -0.4 is 21.5 Å². The molecular formula is C25H30F3N5O5. The quantitative estimate of drug-likeness (QED) is 0.112. The first-order valence-corrected chi connectivity index (χ1v) is 11.5. The molecular weight excluding hydrogens is 507 g/mol. The SMILES string of the molecule is CC(NCc1ccc(C(F)(F)F)cc1)(Oc1ccccc1)C(=O)CC(=O)N(CCCC(N)C(=O)O)C(=N)N.